The number of aryl methyl sites for hydroxylation is 1. The van der Waals surface area contributed by atoms with Crippen molar-refractivity contribution in [1.29, 1.82) is 0 Å². The Labute approximate surface area is 153 Å². The van der Waals surface area contributed by atoms with Gasteiger partial charge in [0.25, 0.3) is 5.91 Å². The molecule has 7 heteroatoms. The van der Waals surface area contributed by atoms with Gasteiger partial charge in [-0.15, -0.1) is 0 Å². The number of piperazine rings is 1. The molecule has 7 nitrogen and oxygen atoms in total. The quantitative estimate of drug-likeness (QED) is 0.864. The van der Waals surface area contributed by atoms with Gasteiger partial charge in [-0.05, 0) is 38.3 Å². The molecule has 2 fully saturated rings. The molecule has 3 unspecified atom stereocenters. The fourth-order valence-electron chi connectivity index (χ4n) is 4.42. The van der Waals surface area contributed by atoms with Crippen molar-refractivity contribution in [2.75, 3.05) is 11.9 Å². The minimum absolute atomic E-state index is 0.0614. The lowest BCUT2D eigenvalue weighted by molar-refractivity contribution is -0.151. The van der Waals surface area contributed by atoms with Crippen LogP contribution in [0.2, 0.25) is 0 Å². The van der Waals surface area contributed by atoms with Gasteiger partial charge >= 0.3 is 0 Å². The van der Waals surface area contributed by atoms with Crippen LogP contribution in [-0.2, 0) is 9.59 Å². The molecule has 2 amide bonds. The van der Waals surface area contributed by atoms with Crippen LogP contribution in [0.15, 0.2) is 29.4 Å². The summed E-state index contributed by atoms with van der Waals surface area (Å²) in [4.78, 5) is 29.5. The Balaban J connectivity index is 1.53. The van der Waals surface area contributed by atoms with E-state index in [1.807, 2.05) is 38.1 Å². The second-order valence-electron chi connectivity index (χ2n) is 7.35. The van der Waals surface area contributed by atoms with Gasteiger partial charge in [0.2, 0.25) is 5.91 Å². The maximum absolute atomic E-state index is 13.0. The first kappa shape index (κ1) is 16.9. The molecular weight excluding hydrogens is 330 g/mol. The fraction of sp³-hybridized carbons (Fsp3) is 0.526. The summed E-state index contributed by atoms with van der Waals surface area (Å²) in [5.74, 6) is 0.652. The van der Waals surface area contributed by atoms with Crippen molar-refractivity contribution in [2.24, 2.45) is 5.10 Å². The summed E-state index contributed by atoms with van der Waals surface area (Å²) in [6.45, 7) is 3.98. The third-order valence-corrected chi connectivity index (χ3v) is 5.70. The Morgan fingerprint density at radius 3 is 2.73 bits per heavy atom. The maximum atomic E-state index is 13.0. The van der Waals surface area contributed by atoms with E-state index < -0.39 is 6.17 Å². The van der Waals surface area contributed by atoms with Gasteiger partial charge in [-0.3, -0.25) is 15.0 Å². The van der Waals surface area contributed by atoms with Crippen LogP contribution in [0.1, 0.15) is 38.2 Å². The zero-order valence-electron chi connectivity index (χ0n) is 15.2. The van der Waals surface area contributed by atoms with E-state index in [9.17, 15) is 9.59 Å². The first-order valence-corrected chi connectivity index (χ1v) is 9.30. The van der Waals surface area contributed by atoms with E-state index in [1.165, 1.54) is 0 Å². The standard InChI is InChI=1S/C19H25N5O2/c1-12-7-3-4-8-14(12)20-17(25)11-23-15-9-5-6-10-16(15)24-13(2)21-22-18(24)19(23)26/h3-4,7-8,15-16,18,22H,5-6,9-11H2,1-2H3,(H,20,25). The van der Waals surface area contributed by atoms with Crippen molar-refractivity contribution in [3.05, 3.63) is 29.8 Å². The van der Waals surface area contributed by atoms with Crippen molar-refractivity contribution in [2.45, 2.75) is 57.8 Å². The number of carbonyl (C=O) groups is 2. The highest BCUT2D eigenvalue weighted by Crippen LogP contribution is 2.34. The number of carbonyl (C=O) groups excluding carboxylic acids is 2. The molecule has 26 heavy (non-hydrogen) atoms. The second-order valence-corrected chi connectivity index (χ2v) is 7.35. The molecule has 1 aromatic rings. The SMILES string of the molecule is CC1=NNC2C(=O)N(CC(=O)Nc3ccccc3C)C3CCCCC3N12. The smallest absolute Gasteiger partial charge is 0.268 e. The molecule has 3 aliphatic rings. The molecule has 138 valence electrons. The molecule has 2 N–H and O–H groups in total. The van der Waals surface area contributed by atoms with Gasteiger partial charge in [-0.25, -0.2) is 0 Å². The zero-order chi connectivity index (χ0) is 18.3. The number of hydrogen-bond acceptors (Lipinski definition) is 5. The molecule has 1 saturated heterocycles. The molecule has 3 atom stereocenters. The van der Waals surface area contributed by atoms with E-state index in [0.29, 0.717) is 0 Å². The van der Waals surface area contributed by atoms with Crippen LogP contribution in [0.25, 0.3) is 0 Å². The van der Waals surface area contributed by atoms with Gasteiger partial charge in [0.15, 0.2) is 6.17 Å². The van der Waals surface area contributed by atoms with Crippen molar-refractivity contribution < 1.29 is 9.59 Å². The summed E-state index contributed by atoms with van der Waals surface area (Å²) in [5.41, 5.74) is 4.75. The topological polar surface area (TPSA) is 77.0 Å². The number of hydrogen-bond donors (Lipinski definition) is 2. The number of fused-ring (bicyclic) bond motifs is 3. The zero-order valence-corrected chi connectivity index (χ0v) is 15.2. The minimum Gasteiger partial charge on any atom is -0.325 e. The first-order valence-electron chi connectivity index (χ1n) is 9.30. The van der Waals surface area contributed by atoms with Crippen LogP contribution >= 0.6 is 0 Å². The highest BCUT2D eigenvalue weighted by atomic mass is 16.2. The Morgan fingerprint density at radius 1 is 1.23 bits per heavy atom. The molecule has 1 aliphatic carbocycles. The van der Waals surface area contributed by atoms with Gasteiger partial charge in [0.1, 0.15) is 12.4 Å². The van der Waals surface area contributed by atoms with Crippen molar-refractivity contribution in [1.82, 2.24) is 15.2 Å². The van der Waals surface area contributed by atoms with E-state index in [1.54, 1.807) is 4.90 Å². The van der Waals surface area contributed by atoms with Gasteiger partial charge in [0, 0.05) is 5.69 Å². The van der Waals surface area contributed by atoms with E-state index in [0.717, 1.165) is 42.8 Å². The van der Waals surface area contributed by atoms with Crippen LogP contribution in [0.5, 0.6) is 0 Å². The van der Waals surface area contributed by atoms with Crippen LogP contribution in [-0.4, -0.2) is 52.2 Å². The average Bonchev–Trinajstić information content (AvgIpc) is 3.03. The van der Waals surface area contributed by atoms with E-state index in [2.05, 4.69) is 20.7 Å². The highest BCUT2D eigenvalue weighted by Gasteiger charge is 2.50. The Kier molecular flexibility index (Phi) is 4.30. The summed E-state index contributed by atoms with van der Waals surface area (Å²) in [6, 6.07) is 7.98. The van der Waals surface area contributed by atoms with Gasteiger partial charge in [-0.1, -0.05) is 31.0 Å². The largest absolute Gasteiger partial charge is 0.325 e. The summed E-state index contributed by atoms with van der Waals surface area (Å²) in [7, 11) is 0. The molecule has 0 spiro atoms. The van der Waals surface area contributed by atoms with Gasteiger partial charge in [-0.2, -0.15) is 5.10 Å². The molecule has 0 radical (unpaired) electrons. The lowest BCUT2D eigenvalue weighted by atomic mass is 9.85. The number of anilines is 1. The maximum Gasteiger partial charge on any atom is 0.268 e. The number of nitrogens with one attached hydrogen (secondary N) is 2. The predicted octanol–water partition coefficient (Wildman–Crippen LogP) is 1.65. The molecule has 4 rings (SSSR count). The molecule has 2 aliphatic heterocycles. The number of nitrogens with zero attached hydrogens (tertiary/aromatic N) is 3. The Hall–Kier alpha value is -2.57. The third kappa shape index (κ3) is 2.81. The molecule has 2 heterocycles. The number of hydrazone groups is 1. The molecule has 1 aromatic carbocycles. The van der Waals surface area contributed by atoms with E-state index in [4.69, 9.17) is 0 Å². The average molecular weight is 355 g/mol. The predicted molar refractivity (Wildman–Crippen MR) is 99.4 cm³/mol. The van der Waals surface area contributed by atoms with Gasteiger partial charge < -0.3 is 15.1 Å². The van der Waals surface area contributed by atoms with Crippen molar-refractivity contribution >= 4 is 23.3 Å². The summed E-state index contributed by atoms with van der Waals surface area (Å²) in [6.07, 6.45) is 3.73. The normalized spacial score (nSPS) is 27.4. The monoisotopic (exact) mass is 355 g/mol. The van der Waals surface area contributed by atoms with E-state index in [-0.39, 0.29) is 30.4 Å². The Bertz CT molecular complexity index is 762. The van der Waals surface area contributed by atoms with Crippen molar-refractivity contribution in [3.8, 4) is 0 Å². The van der Waals surface area contributed by atoms with Crippen LogP contribution < -0.4 is 10.7 Å². The number of amidine groups is 1. The second kappa shape index (κ2) is 6.63. The number of amides is 2. The Morgan fingerprint density at radius 2 is 1.96 bits per heavy atom. The highest BCUT2D eigenvalue weighted by molar-refractivity contribution is 5.98. The van der Waals surface area contributed by atoms with Gasteiger partial charge in [0.05, 0.1) is 12.1 Å². The summed E-state index contributed by atoms with van der Waals surface area (Å²) < 4.78 is 0. The lowest BCUT2D eigenvalue weighted by Crippen LogP contribution is -2.69. The van der Waals surface area contributed by atoms with Crippen molar-refractivity contribution in [3.63, 3.8) is 0 Å². The fourth-order valence-corrected chi connectivity index (χ4v) is 4.42. The summed E-state index contributed by atoms with van der Waals surface area (Å²) >= 11 is 0. The third-order valence-electron chi connectivity index (χ3n) is 5.70. The summed E-state index contributed by atoms with van der Waals surface area (Å²) in [5, 5.41) is 7.21. The number of rotatable bonds is 3. The number of para-hydroxylation sites is 1. The molecule has 1 saturated carbocycles. The van der Waals surface area contributed by atoms with Crippen LogP contribution in [0, 0.1) is 6.92 Å². The molecule has 0 bridgehead atoms. The minimum atomic E-state index is -0.472. The van der Waals surface area contributed by atoms with Crippen LogP contribution in [0.4, 0.5) is 5.69 Å². The van der Waals surface area contributed by atoms with E-state index >= 15 is 0 Å². The van der Waals surface area contributed by atoms with Crippen LogP contribution in [0.3, 0.4) is 0 Å². The lowest BCUT2D eigenvalue weighted by Gasteiger charge is -2.50. The molecule has 0 aromatic heterocycles. The number of benzene rings is 1. The first-order chi connectivity index (χ1) is 12.6. The molecular formula is C19H25N5O2.